The summed E-state index contributed by atoms with van der Waals surface area (Å²) in [5.41, 5.74) is 2.94. The first-order valence-electron chi connectivity index (χ1n) is 11.4. The molecular formula is C23H29N5O2. The zero-order valence-electron chi connectivity index (χ0n) is 17.6. The molecule has 30 heavy (non-hydrogen) atoms. The van der Waals surface area contributed by atoms with Crippen LogP contribution in [0.3, 0.4) is 0 Å². The SMILES string of the molecule is Cc1cc(C(=O)N2CCc3c(ncnc3NCC34CC5CC(CC(C5)C3)C4)C2)no1. The van der Waals surface area contributed by atoms with E-state index in [4.69, 9.17) is 4.52 Å². The van der Waals surface area contributed by atoms with Crippen molar-refractivity contribution >= 4 is 11.7 Å². The molecule has 3 heterocycles. The van der Waals surface area contributed by atoms with Gasteiger partial charge in [-0.1, -0.05) is 5.16 Å². The second-order valence-corrected chi connectivity index (χ2v) is 10.2. The lowest BCUT2D eigenvalue weighted by Crippen LogP contribution is -2.49. The van der Waals surface area contributed by atoms with Crippen LogP contribution in [0.1, 0.15) is 66.0 Å². The fourth-order valence-electron chi connectivity index (χ4n) is 7.09. The van der Waals surface area contributed by atoms with E-state index in [1.807, 2.05) is 0 Å². The van der Waals surface area contributed by atoms with Crippen LogP contribution in [0.4, 0.5) is 5.82 Å². The molecule has 0 saturated heterocycles. The van der Waals surface area contributed by atoms with Crippen molar-refractivity contribution < 1.29 is 9.32 Å². The average molecular weight is 408 g/mol. The van der Waals surface area contributed by atoms with Crippen molar-refractivity contribution in [3.05, 3.63) is 35.1 Å². The van der Waals surface area contributed by atoms with Gasteiger partial charge >= 0.3 is 0 Å². The van der Waals surface area contributed by atoms with Gasteiger partial charge in [-0.25, -0.2) is 9.97 Å². The third-order valence-electron chi connectivity index (χ3n) is 7.94. The normalized spacial score (nSPS) is 31.6. The lowest BCUT2D eigenvalue weighted by molar-refractivity contribution is -0.0444. The molecule has 5 aliphatic rings. The Morgan fingerprint density at radius 3 is 2.60 bits per heavy atom. The predicted molar refractivity (Wildman–Crippen MR) is 111 cm³/mol. The summed E-state index contributed by atoms with van der Waals surface area (Å²) in [6.07, 6.45) is 11.0. The Bertz CT molecular complexity index is 948. The summed E-state index contributed by atoms with van der Waals surface area (Å²) in [6, 6.07) is 1.69. The van der Waals surface area contributed by atoms with E-state index in [0.717, 1.165) is 42.2 Å². The fourth-order valence-corrected chi connectivity index (χ4v) is 7.09. The van der Waals surface area contributed by atoms with Crippen LogP contribution in [0.25, 0.3) is 0 Å². The molecule has 4 fully saturated rings. The Labute approximate surface area is 176 Å². The number of rotatable bonds is 4. The number of amides is 1. The fraction of sp³-hybridized carbons (Fsp3) is 0.652. The van der Waals surface area contributed by atoms with Gasteiger partial charge in [-0.05, 0) is 75.0 Å². The van der Waals surface area contributed by atoms with E-state index < -0.39 is 0 Å². The Morgan fingerprint density at radius 2 is 1.93 bits per heavy atom. The summed E-state index contributed by atoms with van der Waals surface area (Å²) >= 11 is 0. The van der Waals surface area contributed by atoms with E-state index in [1.54, 1.807) is 24.2 Å². The lowest BCUT2D eigenvalue weighted by Gasteiger charge is -2.57. The molecule has 0 aromatic carbocycles. The molecule has 0 radical (unpaired) electrons. The molecule has 4 aliphatic carbocycles. The smallest absolute Gasteiger partial charge is 0.276 e. The van der Waals surface area contributed by atoms with Crippen LogP contribution in [0.15, 0.2) is 16.9 Å². The number of hydrogen-bond donors (Lipinski definition) is 1. The molecule has 2 aromatic rings. The number of carbonyl (C=O) groups is 1. The van der Waals surface area contributed by atoms with Crippen molar-refractivity contribution in [2.75, 3.05) is 18.4 Å². The zero-order chi connectivity index (χ0) is 20.3. The largest absolute Gasteiger partial charge is 0.369 e. The van der Waals surface area contributed by atoms with E-state index in [2.05, 4.69) is 20.4 Å². The second kappa shape index (κ2) is 6.79. The Hall–Kier alpha value is -2.44. The maximum Gasteiger partial charge on any atom is 0.276 e. The van der Waals surface area contributed by atoms with Crippen LogP contribution in [0.2, 0.25) is 0 Å². The molecule has 4 saturated carbocycles. The number of fused-ring (bicyclic) bond motifs is 1. The number of anilines is 1. The van der Waals surface area contributed by atoms with Gasteiger partial charge in [-0.15, -0.1) is 0 Å². The molecule has 7 nitrogen and oxygen atoms in total. The number of carbonyl (C=O) groups excluding carboxylic acids is 1. The Kier molecular flexibility index (Phi) is 4.15. The molecule has 4 bridgehead atoms. The predicted octanol–water partition coefficient (Wildman–Crippen LogP) is 3.60. The van der Waals surface area contributed by atoms with Gasteiger partial charge < -0.3 is 14.7 Å². The molecule has 0 spiro atoms. The van der Waals surface area contributed by atoms with Gasteiger partial charge in [0.2, 0.25) is 0 Å². The first-order valence-corrected chi connectivity index (χ1v) is 11.4. The van der Waals surface area contributed by atoms with Crippen molar-refractivity contribution in [3.63, 3.8) is 0 Å². The van der Waals surface area contributed by atoms with E-state index in [1.165, 1.54) is 44.1 Å². The van der Waals surface area contributed by atoms with E-state index in [9.17, 15) is 4.79 Å². The summed E-state index contributed by atoms with van der Waals surface area (Å²) in [5.74, 6) is 4.39. The molecular weight excluding hydrogens is 378 g/mol. The van der Waals surface area contributed by atoms with Crippen molar-refractivity contribution in [1.29, 1.82) is 0 Å². The van der Waals surface area contributed by atoms with Crippen molar-refractivity contribution in [2.24, 2.45) is 23.2 Å². The van der Waals surface area contributed by atoms with Crippen LogP contribution in [-0.4, -0.2) is 39.0 Å². The molecule has 1 amide bonds. The highest BCUT2D eigenvalue weighted by Gasteiger charge is 2.50. The van der Waals surface area contributed by atoms with Crippen LogP contribution < -0.4 is 5.32 Å². The highest BCUT2D eigenvalue weighted by atomic mass is 16.5. The number of aryl methyl sites for hydroxylation is 1. The molecule has 2 aromatic heterocycles. The average Bonchev–Trinajstić information content (AvgIpc) is 3.16. The molecule has 1 aliphatic heterocycles. The Balaban J connectivity index is 1.17. The van der Waals surface area contributed by atoms with Gasteiger partial charge in [0.1, 0.15) is 17.9 Å². The van der Waals surface area contributed by atoms with Crippen LogP contribution in [0.5, 0.6) is 0 Å². The summed E-state index contributed by atoms with van der Waals surface area (Å²) in [6.45, 7) is 3.97. The van der Waals surface area contributed by atoms with E-state index in [0.29, 0.717) is 30.0 Å². The highest BCUT2D eigenvalue weighted by Crippen LogP contribution is 2.59. The van der Waals surface area contributed by atoms with E-state index >= 15 is 0 Å². The highest BCUT2D eigenvalue weighted by molar-refractivity contribution is 5.92. The summed E-state index contributed by atoms with van der Waals surface area (Å²) in [4.78, 5) is 23.6. The van der Waals surface area contributed by atoms with Gasteiger partial charge in [0.25, 0.3) is 5.91 Å². The third kappa shape index (κ3) is 3.10. The molecule has 0 atom stereocenters. The second-order valence-electron chi connectivity index (χ2n) is 10.2. The molecule has 7 rings (SSSR count). The first kappa shape index (κ1) is 18.3. The standard InChI is InChI=1S/C23H29N5O2/c1-14-4-19(27-30-14)22(29)28-3-2-18-20(11-28)25-13-26-21(18)24-12-23-8-15-5-16(9-23)7-17(6-15)10-23/h4,13,15-17H,2-3,5-12H2,1H3,(H,24,25,26). The quantitative estimate of drug-likeness (QED) is 0.834. The zero-order valence-corrected chi connectivity index (χ0v) is 17.6. The summed E-state index contributed by atoms with van der Waals surface area (Å²) in [5, 5.41) is 7.60. The van der Waals surface area contributed by atoms with Crippen molar-refractivity contribution in [3.8, 4) is 0 Å². The van der Waals surface area contributed by atoms with Gasteiger partial charge in [-0.3, -0.25) is 4.79 Å². The summed E-state index contributed by atoms with van der Waals surface area (Å²) < 4.78 is 5.06. The molecule has 7 heteroatoms. The lowest BCUT2D eigenvalue weighted by atomic mass is 9.49. The third-order valence-corrected chi connectivity index (χ3v) is 7.94. The van der Waals surface area contributed by atoms with Crippen molar-refractivity contribution in [1.82, 2.24) is 20.0 Å². The van der Waals surface area contributed by atoms with E-state index in [-0.39, 0.29) is 5.91 Å². The maximum atomic E-state index is 12.7. The topological polar surface area (TPSA) is 84.2 Å². The van der Waals surface area contributed by atoms with Gasteiger partial charge in [0.15, 0.2) is 5.69 Å². The van der Waals surface area contributed by atoms with Crippen molar-refractivity contribution in [2.45, 2.75) is 58.4 Å². The van der Waals surface area contributed by atoms with Gasteiger partial charge in [-0.2, -0.15) is 0 Å². The molecule has 1 N–H and O–H groups in total. The number of hydrogen-bond acceptors (Lipinski definition) is 6. The number of nitrogens with zero attached hydrogens (tertiary/aromatic N) is 4. The monoisotopic (exact) mass is 407 g/mol. The first-order chi connectivity index (χ1) is 14.6. The van der Waals surface area contributed by atoms with Gasteiger partial charge in [0, 0.05) is 24.7 Å². The minimum atomic E-state index is -0.0980. The summed E-state index contributed by atoms with van der Waals surface area (Å²) in [7, 11) is 0. The minimum absolute atomic E-state index is 0.0980. The van der Waals surface area contributed by atoms with Crippen LogP contribution >= 0.6 is 0 Å². The molecule has 158 valence electrons. The maximum absolute atomic E-state index is 12.7. The minimum Gasteiger partial charge on any atom is -0.369 e. The number of nitrogens with one attached hydrogen (secondary N) is 1. The van der Waals surface area contributed by atoms with Crippen LogP contribution in [-0.2, 0) is 13.0 Å². The van der Waals surface area contributed by atoms with Gasteiger partial charge in [0.05, 0.1) is 12.2 Å². The molecule has 0 unspecified atom stereocenters. The van der Waals surface area contributed by atoms with Crippen LogP contribution in [0, 0.1) is 30.1 Å². The number of aromatic nitrogens is 3. The Morgan fingerprint density at radius 1 is 1.20 bits per heavy atom.